The van der Waals surface area contributed by atoms with Crippen LogP contribution in [0.15, 0.2) is 11.0 Å². The number of aliphatic hydroxyl groups excluding tert-OH is 2. The van der Waals surface area contributed by atoms with Gasteiger partial charge in [0.05, 0.1) is 18.3 Å². The van der Waals surface area contributed by atoms with Gasteiger partial charge in [-0.1, -0.05) is 12.3 Å². The first-order valence-corrected chi connectivity index (χ1v) is 8.46. The van der Waals surface area contributed by atoms with E-state index >= 15 is 0 Å². The van der Waals surface area contributed by atoms with E-state index in [2.05, 4.69) is 16.2 Å². The summed E-state index contributed by atoms with van der Waals surface area (Å²) in [5.41, 5.74) is -0.668. The molecule has 1 aromatic rings. The van der Waals surface area contributed by atoms with E-state index in [1.54, 1.807) is 6.92 Å². The van der Waals surface area contributed by atoms with Gasteiger partial charge >= 0.3 is 11.8 Å². The average Bonchev–Trinajstić information content (AvgIpc) is 2.81. The van der Waals surface area contributed by atoms with Gasteiger partial charge in [0.2, 0.25) is 0 Å². The Hall–Kier alpha value is -2.41. The Labute approximate surface area is 150 Å². The van der Waals surface area contributed by atoms with Crippen LogP contribution in [-0.2, 0) is 9.47 Å². The second-order valence-electron chi connectivity index (χ2n) is 6.57. The lowest BCUT2D eigenvalue weighted by Gasteiger charge is -2.24. The molecule has 140 valence electrons. The molecule has 1 aliphatic carbocycles. The molecule has 3 rings (SSSR count). The van der Waals surface area contributed by atoms with E-state index in [1.165, 1.54) is 6.20 Å². The quantitative estimate of drug-likeness (QED) is 0.654. The average molecular weight is 363 g/mol. The molecule has 0 radical (unpaired) electrons. The largest absolute Gasteiger partial charge is 0.449 e. The summed E-state index contributed by atoms with van der Waals surface area (Å²) in [6, 6.07) is 0. The molecule has 1 aromatic heterocycles. The third-order valence-electron chi connectivity index (χ3n) is 4.75. The van der Waals surface area contributed by atoms with E-state index in [-0.39, 0.29) is 11.4 Å². The van der Waals surface area contributed by atoms with Gasteiger partial charge in [-0.15, -0.1) is 6.42 Å². The van der Waals surface area contributed by atoms with Crippen LogP contribution in [0.3, 0.4) is 0 Å². The lowest BCUT2D eigenvalue weighted by Crippen LogP contribution is -2.36. The number of amides is 1. The van der Waals surface area contributed by atoms with Gasteiger partial charge in [-0.2, -0.15) is 4.98 Å². The summed E-state index contributed by atoms with van der Waals surface area (Å²) < 4.78 is 11.5. The molecule has 1 aliphatic heterocycles. The fraction of sp³-hybridized carbons (Fsp3) is 0.588. The number of hydrogen-bond donors (Lipinski definition) is 3. The van der Waals surface area contributed by atoms with E-state index in [9.17, 15) is 19.8 Å². The Morgan fingerprint density at radius 1 is 1.50 bits per heavy atom. The van der Waals surface area contributed by atoms with Gasteiger partial charge in [0.15, 0.2) is 12.0 Å². The van der Waals surface area contributed by atoms with Gasteiger partial charge in [-0.25, -0.2) is 9.59 Å². The molecule has 0 bridgehead atoms. The SMILES string of the molecule is C#Cc1cn([C@@H]2O[C@H](C)[C@@H](O)[C@H]2O)c(=O)nc1NC(=O)OCC1CCC1. The Morgan fingerprint density at radius 2 is 2.23 bits per heavy atom. The Bertz CT molecular complexity index is 782. The summed E-state index contributed by atoms with van der Waals surface area (Å²) >= 11 is 0. The summed E-state index contributed by atoms with van der Waals surface area (Å²) in [4.78, 5) is 27.9. The minimum atomic E-state index is -1.30. The van der Waals surface area contributed by atoms with Crippen molar-refractivity contribution in [1.82, 2.24) is 9.55 Å². The summed E-state index contributed by atoms with van der Waals surface area (Å²) in [7, 11) is 0. The molecule has 2 fully saturated rings. The van der Waals surface area contributed by atoms with Crippen LogP contribution in [0.2, 0.25) is 0 Å². The fourth-order valence-corrected chi connectivity index (χ4v) is 2.90. The Kier molecular flexibility index (Phi) is 5.27. The molecule has 3 N–H and O–H groups in total. The number of anilines is 1. The first-order chi connectivity index (χ1) is 12.4. The molecule has 9 heteroatoms. The van der Waals surface area contributed by atoms with Crippen LogP contribution in [0.4, 0.5) is 10.6 Å². The second-order valence-corrected chi connectivity index (χ2v) is 6.57. The number of carbonyl (C=O) groups is 1. The highest BCUT2D eigenvalue weighted by Gasteiger charge is 2.42. The zero-order valence-corrected chi connectivity index (χ0v) is 14.3. The highest BCUT2D eigenvalue weighted by molar-refractivity contribution is 5.84. The molecule has 0 aromatic carbocycles. The number of carbonyl (C=O) groups excluding carboxylic acids is 1. The van der Waals surface area contributed by atoms with Crippen molar-refractivity contribution in [2.24, 2.45) is 5.92 Å². The van der Waals surface area contributed by atoms with E-state index in [1.807, 2.05) is 0 Å². The smallest absolute Gasteiger partial charge is 0.412 e. The van der Waals surface area contributed by atoms with Crippen LogP contribution in [0, 0.1) is 18.3 Å². The van der Waals surface area contributed by atoms with Crippen LogP contribution in [0.1, 0.15) is 38.0 Å². The summed E-state index contributed by atoms with van der Waals surface area (Å²) in [5, 5.41) is 22.2. The van der Waals surface area contributed by atoms with Crippen molar-refractivity contribution >= 4 is 11.9 Å². The molecule has 0 spiro atoms. The number of aliphatic hydroxyl groups is 2. The molecule has 0 unspecified atom stereocenters. The van der Waals surface area contributed by atoms with Gasteiger partial charge in [0.1, 0.15) is 12.2 Å². The van der Waals surface area contributed by atoms with Gasteiger partial charge in [0.25, 0.3) is 0 Å². The highest BCUT2D eigenvalue weighted by Crippen LogP contribution is 2.29. The van der Waals surface area contributed by atoms with E-state index in [0.29, 0.717) is 12.5 Å². The number of terminal acetylenes is 1. The van der Waals surface area contributed by atoms with Crippen LogP contribution >= 0.6 is 0 Å². The van der Waals surface area contributed by atoms with Crippen LogP contribution in [0.25, 0.3) is 0 Å². The van der Waals surface area contributed by atoms with Gasteiger partial charge in [-0.3, -0.25) is 9.88 Å². The van der Waals surface area contributed by atoms with Crippen molar-refractivity contribution in [3.8, 4) is 12.3 Å². The first kappa shape index (κ1) is 18.4. The van der Waals surface area contributed by atoms with E-state index < -0.39 is 36.3 Å². The highest BCUT2D eigenvalue weighted by atomic mass is 16.6. The molecule has 26 heavy (non-hydrogen) atoms. The molecule has 2 aliphatic rings. The molecule has 1 amide bonds. The second kappa shape index (κ2) is 7.45. The van der Waals surface area contributed by atoms with Crippen LogP contribution < -0.4 is 11.0 Å². The number of nitrogens with one attached hydrogen (secondary N) is 1. The van der Waals surface area contributed by atoms with Crippen molar-refractivity contribution in [1.29, 1.82) is 0 Å². The third-order valence-corrected chi connectivity index (χ3v) is 4.75. The lowest BCUT2D eigenvalue weighted by atomic mass is 9.86. The summed E-state index contributed by atoms with van der Waals surface area (Å²) in [6.07, 6.45) is 4.93. The lowest BCUT2D eigenvalue weighted by molar-refractivity contribution is -0.0350. The van der Waals surface area contributed by atoms with Gasteiger partial charge in [0, 0.05) is 6.20 Å². The zero-order valence-electron chi connectivity index (χ0n) is 14.3. The topological polar surface area (TPSA) is 123 Å². The number of nitrogens with zero attached hydrogens (tertiary/aromatic N) is 2. The van der Waals surface area contributed by atoms with Crippen LogP contribution in [0.5, 0.6) is 0 Å². The van der Waals surface area contributed by atoms with Crippen molar-refractivity contribution in [3.05, 3.63) is 22.2 Å². The number of hydrogen-bond acceptors (Lipinski definition) is 7. The maximum absolute atomic E-state index is 12.3. The van der Waals surface area contributed by atoms with Crippen molar-refractivity contribution < 1.29 is 24.5 Å². The number of ether oxygens (including phenoxy) is 2. The maximum Gasteiger partial charge on any atom is 0.412 e. The minimum Gasteiger partial charge on any atom is -0.449 e. The fourth-order valence-electron chi connectivity index (χ4n) is 2.90. The van der Waals surface area contributed by atoms with Crippen LogP contribution in [-0.4, -0.2) is 50.8 Å². The first-order valence-electron chi connectivity index (χ1n) is 8.46. The number of aromatic nitrogens is 2. The predicted octanol–water partition coefficient (Wildman–Crippen LogP) is 0.212. The van der Waals surface area contributed by atoms with Crippen molar-refractivity contribution in [2.75, 3.05) is 11.9 Å². The molecule has 2 heterocycles. The van der Waals surface area contributed by atoms with E-state index in [4.69, 9.17) is 15.9 Å². The van der Waals surface area contributed by atoms with Crippen molar-refractivity contribution in [2.45, 2.75) is 50.7 Å². The summed E-state index contributed by atoms with van der Waals surface area (Å²) in [5.74, 6) is 2.60. The van der Waals surface area contributed by atoms with Gasteiger partial charge in [-0.05, 0) is 25.7 Å². The molecular formula is C17H21N3O6. The molecule has 1 saturated heterocycles. The van der Waals surface area contributed by atoms with Crippen molar-refractivity contribution in [3.63, 3.8) is 0 Å². The molecule has 4 atom stereocenters. The summed E-state index contributed by atoms with van der Waals surface area (Å²) in [6.45, 7) is 1.88. The molecular weight excluding hydrogens is 342 g/mol. The normalized spacial score (nSPS) is 28.2. The molecule has 9 nitrogen and oxygen atoms in total. The zero-order chi connectivity index (χ0) is 18.8. The molecule has 1 saturated carbocycles. The van der Waals surface area contributed by atoms with E-state index in [0.717, 1.165) is 23.8 Å². The standard InChI is InChI=1S/C17H21N3O6/c1-3-11-7-20(15-13(22)12(21)9(2)26-15)16(23)18-14(11)19-17(24)25-8-10-5-4-6-10/h1,7,9-10,12-13,15,21-22H,4-6,8H2,2H3,(H,18,19,23,24)/t9-,12-,13-,15-/m1/s1. The Morgan fingerprint density at radius 3 is 2.77 bits per heavy atom. The maximum atomic E-state index is 12.3. The third kappa shape index (κ3) is 3.58. The van der Waals surface area contributed by atoms with Gasteiger partial charge < -0.3 is 19.7 Å². The minimum absolute atomic E-state index is 0.103. The number of rotatable bonds is 4. The predicted molar refractivity (Wildman–Crippen MR) is 90.3 cm³/mol. The monoisotopic (exact) mass is 363 g/mol. The Balaban J connectivity index is 1.76.